The summed E-state index contributed by atoms with van der Waals surface area (Å²) < 4.78 is 40.2. The van der Waals surface area contributed by atoms with Crippen molar-refractivity contribution >= 4 is 27.5 Å². The lowest BCUT2D eigenvalue weighted by Crippen LogP contribution is -2.33. The number of nitrogens with zero attached hydrogens (tertiary/aromatic N) is 1. The maximum absolute atomic E-state index is 13.9. The third kappa shape index (κ3) is 3.04. The summed E-state index contributed by atoms with van der Waals surface area (Å²) in [4.78, 5) is -0.317. The van der Waals surface area contributed by atoms with E-state index in [0.29, 0.717) is 24.3 Å². The lowest BCUT2D eigenvalue weighted by Gasteiger charge is -2.20. The molecule has 7 heteroatoms. The number of sulfonamides is 1. The SMILES string of the molecule is Cc1cc(F)c(S(=O)(=O)N2CCCSCC2)cc1N. The fraction of sp³-hybridized carbons (Fsp3) is 0.500. The van der Waals surface area contributed by atoms with E-state index in [0.717, 1.165) is 17.9 Å². The zero-order valence-electron chi connectivity index (χ0n) is 10.7. The molecule has 1 aromatic rings. The highest BCUT2D eigenvalue weighted by Gasteiger charge is 2.28. The van der Waals surface area contributed by atoms with E-state index in [-0.39, 0.29) is 4.90 Å². The summed E-state index contributed by atoms with van der Waals surface area (Å²) in [6.45, 7) is 2.50. The van der Waals surface area contributed by atoms with Gasteiger partial charge in [-0.05, 0) is 36.8 Å². The maximum Gasteiger partial charge on any atom is 0.246 e. The van der Waals surface area contributed by atoms with Crippen LogP contribution >= 0.6 is 11.8 Å². The van der Waals surface area contributed by atoms with Crippen LogP contribution in [0.5, 0.6) is 0 Å². The van der Waals surface area contributed by atoms with Gasteiger partial charge in [-0.3, -0.25) is 0 Å². The van der Waals surface area contributed by atoms with Gasteiger partial charge in [0.2, 0.25) is 10.0 Å². The predicted molar refractivity (Wildman–Crippen MR) is 76.3 cm³/mol. The van der Waals surface area contributed by atoms with Gasteiger partial charge >= 0.3 is 0 Å². The number of nitrogen functional groups attached to an aromatic ring is 1. The number of anilines is 1. The zero-order valence-corrected chi connectivity index (χ0v) is 12.4. The first-order valence-electron chi connectivity index (χ1n) is 6.06. The molecule has 1 saturated heterocycles. The Hall–Kier alpha value is -0.790. The van der Waals surface area contributed by atoms with Gasteiger partial charge in [0, 0.05) is 24.5 Å². The van der Waals surface area contributed by atoms with Crippen LogP contribution in [0.25, 0.3) is 0 Å². The minimum Gasteiger partial charge on any atom is -0.398 e. The Morgan fingerprint density at radius 2 is 2.05 bits per heavy atom. The van der Waals surface area contributed by atoms with Gasteiger partial charge in [0.1, 0.15) is 10.7 Å². The van der Waals surface area contributed by atoms with Crippen molar-refractivity contribution in [1.82, 2.24) is 4.31 Å². The lowest BCUT2D eigenvalue weighted by atomic mass is 10.2. The highest BCUT2D eigenvalue weighted by Crippen LogP contribution is 2.25. The average Bonchev–Trinajstić information content (AvgIpc) is 2.62. The summed E-state index contributed by atoms with van der Waals surface area (Å²) in [7, 11) is -3.79. The predicted octanol–water partition coefficient (Wildman–Crippen LogP) is 1.84. The Bertz CT molecular complexity index is 567. The normalized spacial score (nSPS) is 18.2. The van der Waals surface area contributed by atoms with Gasteiger partial charge in [0.15, 0.2) is 0 Å². The second-order valence-electron chi connectivity index (χ2n) is 4.51. The van der Waals surface area contributed by atoms with Crippen LogP contribution in [-0.4, -0.2) is 37.3 Å². The molecule has 1 fully saturated rings. The molecule has 19 heavy (non-hydrogen) atoms. The second kappa shape index (κ2) is 5.68. The molecule has 0 radical (unpaired) electrons. The number of hydrogen-bond donors (Lipinski definition) is 1. The maximum atomic E-state index is 13.9. The van der Waals surface area contributed by atoms with Crippen LogP contribution in [0.2, 0.25) is 0 Å². The molecule has 106 valence electrons. The monoisotopic (exact) mass is 304 g/mol. The number of aryl methyl sites for hydroxylation is 1. The first-order chi connectivity index (χ1) is 8.93. The molecule has 0 saturated carbocycles. The molecule has 1 aliphatic rings. The topological polar surface area (TPSA) is 63.4 Å². The molecule has 0 amide bonds. The van der Waals surface area contributed by atoms with Crippen LogP contribution in [-0.2, 0) is 10.0 Å². The van der Waals surface area contributed by atoms with Crippen LogP contribution in [0, 0.1) is 12.7 Å². The molecule has 0 aliphatic carbocycles. The highest BCUT2D eigenvalue weighted by molar-refractivity contribution is 7.99. The molecule has 0 unspecified atom stereocenters. The number of rotatable bonds is 2. The quantitative estimate of drug-likeness (QED) is 0.847. The molecule has 0 aromatic heterocycles. The number of nitrogens with two attached hydrogens (primary N) is 1. The van der Waals surface area contributed by atoms with Crippen LogP contribution in [0.15, 0.2) is 17.0 Å². The van der Waals surface area contributed by atoms with Crippen molar-refractivity contribution in [2.75, 3.05) is 30.3 Å². The van der Waals surface area contributed by atoms with Crippen LogP contribution in [0.4, 0.5) is 10.1 Å². The van der Waals surface area contributed by atoms with Gasteiger partial charge in [-0.2, -0.15) is 16.1 Å². The Balaban J connectivity index is 2.41. The minimum absolute atomic E-state index is 0.296. The van der Waals surface area contributed by atoms with Crippen molar-refractivity contribution in [3.05, 3.63) is 23.5 Å². The molecule has 0 bridgehead atoms. The van der Waals surface area contributed by atoms with E-state index in [9.17, 15) is 12.8 Å². The van der Waals surface area contributed by atoms with Crippen LogP contribution < -0.4 is 5.73 Å². The molecule has 1 heterocycles. The first kappa shape index (κ1) is 14.6. The summed E-state index contributed by atoms with van der Waals surface area (Å²) >= 11 is 1.72. The fourth-order valence-corrected chi connectivity index (χ4v) is 4.53. The van der Waals surface area contributed by atoms with E-state index in [4.69, 9.17) is 5.73 Å². The first-order valence-corrected chi connectivity index (χ1v) is 8.66. The molecular formula is C12H17FN2O2S2. The van der Waals surface area contributed by atoms with Gasteiger partial charge in [-0.15, -0.1) is 0 Å². The summed E-state index contributed by atoms with van der Waals surface area (Å²) in [5.74, 6) is 0.941. The summed E-state index contributed by atoms with van der Waals surface area (Å²) in [6.07, 6.45) is 0.785. The largest absolute Gasteiger partial charge is 0.398 e. The molecule has 1 aliphatic heterocycles. The van der Waals surface area contributed by atoms with Gasteiger partial charge in [-0.1, -0.05) is 0 Å². The van der Waals surface area contributed by atoms with E-state index in [1.165, 1.54) is 16.4 Å². The van der Waals surface area contributed by atoms with E-state index < -0.39 is 15.8 Å². The number of thioether (sulfide) groups is 1. The molecule has 2 N–H and O–H groups in total. The zero-order chi connectivity index (χ0) is 14.0. The Kier molecular flexibility index (Phi) is 4.37. The fourth-order valence-electron chi connectivity index (χ4n) is 1.97. The molecule has 0 spiro atoms. The highest BCUT2D eigenvalue weighted by atomic mass is 32.2. The van der Waals surface area contributed by atoms with E-state index >= 15 is 0 Å². The Labute approximate surface area is 117 Å². The lowest BCUT2D eigenvalue weighted by molar-refractivity contribution is 0.430. The van der Waals surface area contributed by atoms with Crippen molar-refractivity contribution in [2.45, 2.75) is 18.2 Å². The van der Waals surface area contributed by atoms with E-state index in [1.807, 2.05) is 0 Å². The van der Waals surface area contributed by atoms with Crippen LogP contribution in [0.3, 0.4) is 0 Å². The van der Waals surface area contributed by atoms with Crippen molar-refractivity contribution < 1.29 is 12.8 Å². The van der Waals surface area contributed by atoms with Gasteiger partial charge in [0.25, 0.3) is 0 Å². The second-order valence-corrected chi connectivity index (χ2v) is 7.64. The van der Waals surface area contributed by atoms with E-state index in [2.05, 4.69) is 0 Å². The van der Waals surface area contributed by atoms with Gasteiger partial charge in [-0.25, -0.2) is 12.8 Å². The third-order valence-electron chi connectivity index (χ3n) is 3.12. The Morgan fingerprint density at radius 3 is 2.79 bits per heavy atom. The molecule has 0 atom stereocenters. The molecule has 1 aromatic carbocycles. The van der Waals surface area contributed by atoms with Crippen molar-refractivity contribution in [3.8, 4) is 0 Å². The number of benzene rings is 1. The Morgan fingerprint density at radius 1 is 1.32 bits per heavy atom. The van der Waals surface area contributed by atoms with E-state index in [1.54, 1.807) is 18.7 Å². The summed E-state index contributed by atoms with van der Waals surface area (Å²) in [5.41, 5.74) is 6.53. The molecule has 4 nitrogen and oxygen atoms in total. The molecular weight excluding hydrogens is 287 g/mol. The third-order valence-corrected chi connectivity index (χ3v) is 6.08. The van der Waals surface area contributed by atoms with Crippen molar-refractivity contribution in [3.63, 3.8) is 0 Å². The minimum atomic E-state index is -3.79. The summed E-state index contributed by atoms with van der Waals surface area (Å²) in [6, 6.07) is 2.40. The van der Waals surface area contributed by atoms with Crippen LogP contribution in [0.1, 0.15) is 12.0 Å². The standard InChI is InChI=1S/C12H17FN2O2S2/c1-9-7-10(13)12(8-11(9)14)19(16,17)15-3-2-5-18-6-4-15/h7-8H,2-6,14H2,1H3. The molecule has 2 rings (SSSR count). The van der Waals surface area contributed by atoms with Gasteiger partial charge in [0.05, 0.1) is 0 Å². The average molecular weight is 304 g/mol. The van der Waals surface area contributed by atoms with Crippen molar-refractivity contribution in [2.24, 2.45) is 0 Å². The summed E-state index contributed by atoms with van der Waals surface area (Å²) in [5, 5.41) is 0. The smallest absolute Gasteiger partial charge is 0.246 e. The van der Waals surface area contributed by atoms with Crippen molar-refractivity contribution in [1.29, 1.82) is 0 Å². The number of halogens is 1. The van der Waals surface area contributed by atoms with Gasteiger partial charge < -0.3 is 5.73 Å². The number of hydrogen-bond acceptors (Lipinski definition) is 4.